The highest BCUT2D eigenvalue weighted by Gasteiger charge is 2.17. The minimum absolute atomic E-state index is 0.0162. The Morgan fingerprint density at radius 2 is 2.04 bits per heavy atom. The molecule has 126 valence electrons. The summed E-state index contributed by atoms with van der Waals surface area (Å²) in [7, 11) is 0. The Bertz CT molecular complexity index is 522. The molecule has 0 radical (unpaired) electrons. The maximum Gasteiger partial charge on any atom is 0.221 e. The number of carbonyl (C=O) groups is 2. The third kappa shape index (κ3) is 6.02. The van der Waals surface area contributed by atoms with Gasteiger partial charge in [-0.2, -0.15) is 0 Å². The zero-order chi connectivity index (χ0) is 16.7. The van der Waals surface area contributed by atoms with Gasteiger partial charge in [0.1, 0.15) is 0 Å². The molecule has 1 unspecified atom stereocenters. The van der Waals surface area contributed by atoms with Gasteiger partial charge in [-0.15, -0.1) is 0 Å². The van der Waals surface area contributed by atoms with E-state index in [-0.39, 0.29) is 17.9 Å². The quantitative estimate of drug-likeness (QED) is 0.837. The number of hydrogen-bond acceptors (Lipinski definition) is 3. The monoisotopic (exact) mass is 318 g/mol. The Labute approximate surface area is 138 Å². The summed E-state index contributed by atoms with van der Waals surface area (Å²) in [6.45, 7) is 5.89. The lowest BCUT2D eigenvalue weighted by molar-refractivity contribution is -0.130. The summed E-state index contributed by atoms with van der Waals surface area (Å²) < 4.78 is 5.48. The van der Waals surface area contributed by atoms with Gasteiger partial charge in [0.25, 0.3) is 0 Å². The Balaban J connectivity index is 1.76. The first-order valence-corrected chi connectivity index (χ1v) is 8.24. The molecule has 1 atom stereocenters. The van der Waals surface area contributed by atoms with Crippen LogP contribution in [0.2, 0.25) is 0 Å². The van der Waals surface area contributed by atoms with E-state index in [0.717, 1.165) is 25.0 Å². The maximum atomic E-state index is 11.9. The molecule has 1 fully saturated rings. The zero-order valence-corrected chi connectivity index (χ0v) is 14.0. The van der Waals surface area contributed by atoms with Gasteiger partial charge in [0.05, 0.1) is 6.10 Å². The lowest BCUT2D eigenvalue weighted by atomic mass is 10.1. The van der Waals surface area contributed by atoms with Crippen LogP contribution in [0.3, 0.4) is 0 Å². The standard InChI is InChI=1S/C18H26N2O3/c1-14-5-7-16(8-6-14)13-20(15(2)21)10-9-18(22)19-12-17-4-3-11-23-17/h5-8,17H,3-4,9-13H2,1-2H3,(H,19,22). The van der Waals surface area contributed by atoms with E-state index in [1.807, 2.05) is 31.2 Å². The Kier molecular flexibility index (Phi) is 6.59. The fraction of sp³-hybridized carbons (Fsp3) is 0.556. The van der Waals surface area contributed by atoms with Crippen LogP contribution in [-0.2, 0) is 20.9 Å². The van der Waals surface area contributed by atoms with E-state index in [9.17, 15) is 9.59 Å². The summed E-state index contributed by atoms with van der Waals surface area (Å²) in [6.07, 6.45) is 2.54. The number of nitrogens with one attached hydrogen (secondary N) is 1. The maximum absolute atomic E-state index is 11.9. The molecule has 1 aliphatic heterocycles. The highest BCUT2D eigenvalue weighted by atomic mass is 16.5. The number of rotatable bonds is 7. The highest BCUT2D eigenvalue weighted by molar-refractivity contribution is 5.78. The van der Waals surface area contributed by atoms with Crippen molar-refractivity contribution in [3.8, 4) is 0 Å². The van der Waals surface area contributed by atoms with Gasteiger partial charge in [0.2, 0.25) is 11.8 Å². The van der Waals surface area contributed by atoms with Crippen LogP contribution in [-0.4, -0.2) is 42.5 Å². The minimum atomic E-state index is -0.0318. The van der Waals surface area contributed by atoms with Crippen LogP contribution in [0, 0.1) is 6.92 Å². The molecule has 1 aromatic rings. The fourth-order valence-electron chi connectivity index (χ4n) is 2.62. The number of aryl methyl sites for hydroxylation is 1. The molecule has 0 aromatic heterocycles. The second kappa shape index (κ2) is 8.67. The third-order valence-corrected chi connectivity index (χ3v) is 4.10. The summed E-state index contributed by atoms with van der Waals surface area (Å²) >= 11 is 0. The van der Waals surface area contributed by atoms with Gasteiger partial charge in [-0.25, -0.2) is 0 Å². The van der Waals surface area contributed by atoms with E-state index in [4.69, 9.17) is 4.74 Å². The van der Waals surface area contributed by atoms with Crippen LogP contribution in [0.5, 0.6) is 0 Å². The van der Waals surface area contributed by atoms with Gasteiger partial charge in [0, 0.05) is 39.6 Å². The van der Waals surface area contributed by atoms with Crippen molar-refractivity contribution in [2.24, 2.45) is 0 Å². The Morgan fingerprint density at radius 1 is 1.30 bits per heavy atom. The van der Waals surface area contributed by atoms with Crippen molar-refractivity contribution < 1.29 is 14.3 Å². The first kappa shape index (κ1) is 17.5. The van der Waals surface area contributed by atoms with E-state index in [1.54, 1.807) is 11.8 Å². The number of benzene rings is 1. The van der Waals surface area contributed by atoms with E-state index >= 15 is 0 Å². The molecule has 0 spiro atoms. The number of amides is 2. The third-order valence-electron chi connectivity index (χ3n) is 4.10. The summed E-state index contributed by atoms with van der Waals surface area (Å²) in [5.74, 6) is -0.0480. The SMILES string of the molecule is CC(=O)N(CCC(=O)NCC1CCCO1)Cc1ccc(C)cc1. The van der Waals surface area contributed by atoms with Gasteiger partial charge >= 0.3 is 0 Å². The molecule has 0 bridgehead atoms. The van der Waals surface area contributed by atoms with Crippen molar-refractivity contribution in [3.63, 3.8) is 0 Å². The van der Waals surface area contributed by atoms with Crippen molar-refractivity contribution in [1.29, 1.82) is 0 Å². The van der Waals surface area contributed by atoms with Crippen molar-refractivity contribution >= 4 is 11.8 Å². The smallest absolute Gasteiger partial charge is 0.221 e. The average Bonchev–Trinajstić information content (AvgIpc) is 3.04. The Morgan fingerprint density at radius 3 is 2.65 bits per heavy atom. The lowest BCUT2D eigenvalue weighted by Gasteiger charge is -2.21. The van der Waals surface area contributed by atoms with Crippen LogP contribution in [0.1, 0.15) is 37.3 Å². The number of carbonyl (C=O) groups excluding carboxylic acids is 2. The van der Waals surface area contributed by atoms with E-state index < -0.39 is 0 Å². The topological polar surface area (TPSA) is 58.6 Å². The van der Waals surface area contributed by atoms with E-state index in [2.05, 4.69) is 5.32 Å². The second-order valence-corrected chi connectivity index (χ2v) is 6.12. The molecule has 0 saturated carbocycles. The molecule has 5 nitrogen and oxygen atoms in total. The Hall–Kier alpha value is -1.88. The molecule has 1 aliphatic rings. The van der Waals surface area contributed by atoms with Crippen molar-refractivity contribution in [3.05, 3.63) is 35.4 Å². The molecular weight excluding hydrogens is 292 g/mol. The van der Waals surface area contributed by atoms with Crippen molar-refractivity contribution in [2.75, 3.05) is 19.7 Å². The molecule has 1 aromatic carbocycles. The van der Waals surface area contributed by atoms with Gasteiger partial charge in [-0.3, -0.25) is 9.59 Å². The molecule has 23 heavy (non-hydrogen) atoms. The second-order valence-electron chi connectivity index (χ2n) is 6.12. The van der Waals surface area contributed by atoms with Crippen LogP contribution in [0.15, 0.2) is 24.3 Å². The predicted octanol–water partition coefficient (Wildman–Crippen LogP) is 2.03. The molecule has 2 amide bonds. The van der Waals surface area contributed by atoms with Crippen LogP contribution < -0.4 is 5.32 Å². The van der Waals surface area contributed by atoms with E-state index in [0.29, 0.717) is 26.1 Å². The molecule has 5 heteroatoms. The first-order valence-electron chi connectivity index (χ1n) is 8.24. The summed E-state index contributed by atoms with van der Waals surface area (Å²) in [4.78, 5) is 25.4. The van der Waals surface area contributed by atoms with Crippen LogP contribution >= 0.6 is 0 Å². The molecular formula is C18H26N2O3. The minimum Gasteiger partial charge on any atom is -0.376 e. The van der Waals surface area contributed by atoms with Crippen molar-refractivity contribution in [1.82, 2.24) is 10.2 Å². The summed E-state index contributed by atoms with van der Waals surface area (Å²) in [5, 5.41) is 2.89. The van der Waals surface area contributed by atoms with Crippen LogP contribution in [0.4, 0.5) is 0 Å². The van der Waals surface area contributed by atoms with Crippen molar-refractivity contribution in [2.45, 2.75) is 45.8 Å². The van der Waals surface area contributed by atoms with Gasteiger partial charge in [0.15, 0.2) is 0 Å². The molecule has 2 rings (SSSR count). The fourth-order valence-corrected chi connectivity index (χ4v) is 2.62. The molecule has 0 aliphatic carbocycles. The largest absolute Gasteiger partial charge is 0.376 e. The zero-order valence-electron chi connectivity index (χ0n) is 14.0. The van der Waals surface area contributed by atoms with E-state index in [1.165, 1.54) is 5.56 Å². The molecule has 1 saturated heterocycles. The number of ether oxygens (including phenoxy) is 1. The normalized spacial score (nSPS) is 17.0. The number of nitrogens with zero attached hydrogens (tertiary/aromatic N) is 1. The summed E-state index contributed by atoms with van der Waals surface area (Å²) in [6, 6.07) is 8.09. The van der Waals surface area contributed by atoms with Crippen LogP contribution in [0.25, 0.3) is 0 Å². The molecule has 1 N–H and O–H groups in total. The van der Waals surface area contributed by atoms with Gasteiger partial charge in [-0.1, -0.05) is 29.8 Å². The number of hydrogen-bond donors (Lipinski definition) is 1. The summed E-state index contributed by atoms with van der Waals surface area (Å²) in [5.41, 5.74) is 2.27. The highest BCUT2D eigenvalue weighted by Crippen LogP contribution is 2.11. The molecule has 1 heterocycles. The van der Waals surface area contributed by atoms with Gasteiger partial charge in [-0.05, 0) is 25.3 Å². The average molecular weight is 318 g/mol. The lowest BCUT2D eigenvalue weighted by Crippen LogP contribution is -2.36. The van der Waals surface area contributed by atoms with Gasteiger partial charge < -0.3 is 15.0 Å². The predicted molar refractivity (Wildman–Crippen MR) is 88.9 cm³/mol. The first-order chi connectivity index (χ1) is 11.0.